The molecule has 132 valence electrons. The third-order valence-electron chi connectivity index (χ3n) is 4.66. The number of aromatic nitrogens is 5. The summed E-state index contributed by atoms with van der Waals surface area (Å²) in [6.07, 6.45) is 4.07. The molecule has 0 radical (unpaired) electrons. The van der Waals surface area contributed by atoms with E-state index >= 15 is 0 Å². The minimum absolute atomic E-state index is 0.577. The summed E-state index contributed by atoms with van der Waals surface area (Å²) in [6.45, 7) is 0.577. The first-order chi connectivity index (χ1) is 13.3. The second-order valence-corrected chi connectivity index (χ2v) is 6.36. The van der Waals surface area contributed by atoms with Gasteiger partial charge in [-0.3, -0.25) is 0 Å². The van der Waals surface area contributed by atoms with Crippen molar-refractivity contribution in [3.63, 3.8) is 0 Å². The molecule has 0 bridgehead atoms. The Hall–Kier alpha value is -3.67. The third kappa shape index (κ3) is 2.71. The van der Waals surface area contributed by atoms with E-state index in [0.29, 0.717) is 6.67 Å². The number of hydrogen-bond acceptors (Lipinski definition) is 4. The zero-order chi connectivity index (χ0) is 18.2. The van der Waals surface area contributed by atoms with Gasteiger partial charge in [0.25, 0.3) is 0 Å². The van der Waals surface area contributed by atoms with E-state index < -0.39 is 0 Å². The van der Waals surface area contributed by atoms with Crippen LogP contribution in [0.5, 0.6) is 5.75 Å². The van der Waals surface area contributed by atoms with Crippen molar-refractivity contribution in [2.45, 2.75) is 6.67 Å². The third-order valence-corrected chi connectivity index (χ3v) is 4.66. The molecule has 27 heavy (non-hydrogen) atoms. The average Bonchev–Trinajstić information content (AvgIpc) is 3.32. The standard InChI is InChI=1S/C21H17N5O/c1-27-21-9-5-2-6-16(21)18-12-15-10-11-25(13-19(15)22-18)14-26-20-8-4-3-7-17(20)23-24-26/h2-13H,14H2,1H3. The molecule has 0 amide bonds. The molecule has 2 aliphatic rings. The molecule has 0 N–H and O–H groups in total. The molecule has 0 fully saturated rings. The maximum atomic E-state index is 5.47. The Kier molecular flexibility index (Phi) is 3.60. The van der Waals surface area contributed by atoms with Crippen LogP contribution in [0.4, 0.5) is 0 Å². The monoisotopic (exact) mass is 355 g/mol. The molecule has 6 nitrogen and oxygen atoms in total. The molecule has 2 aromatic carbocycles. The van der Waals surface area contributed by atoms with Crippen molar-refractivity contribution in [1.29, 1.82) is 0 Å². The molecular formula is C21H17N5O. The number of hydrogen-bond donors (Lipinski definition) is 0. The van der Waals surface area contributed by atoms with Gasteiger partial charge in [0.05, 0.1) is 24.0 Å². The fourth-order valence-electron chi connectivity index (χ4n) is 3.32. The summed E-state index contributed by atoms with van der Waals surface area (Å²) in [5.74, 6) is 0.822. The fourth-order valence-corrected chi connectivity index (χ4v) is 3.32. The van der Waals surface area contributed by atoms with Gasteiger partial charge in [-0.1, -0.05) is 29.5 Å². The summed E-state index contributed by atoms with van der Waals surface area (Å²) in [4.78, 5) is 4.80. The van der Waals surface area contributed by atoms with Gasteiger partial charge >= 0.3 is 0 Å². The number of pyridine rings is 1. The lowest BCUT2D eigenvalue weighted by Crippen LogP contribution is -2.09. The maximum absolute atomic E-state index is 5.47. The van der Waals surface area contributed by atoms with Gasteiger partial charge in [-0.2, -0.15) is 0 Å². The molecule has 2 aliphatic heterocycles. The molecule has 1 aromatic heterocycles. The highest BCUT2D eigenvalue weighted by atomic mass is 16.5. The van der Waals surface area contributed by atoms with Crippen molar-refractivity contribution >= 4 is 11.0 Å². The van der Waals surface area contributed by atoms with Crippen LogP contribution in [0.3, 0.4) is 0 Å². The molecule has 3 heterocycles. The van der Waals surface area contributed by atoms with Gasteiger partial charge in [-0.25, -0.2) is 9.67 Å². The van der Waals surface area contributed by atoms with Gasteiger partial charge < -0.3 is 9.30 Å². The first kappa shape index (κ1) is 15.6. The molecular weight excluding hydrogens is 338 g/mol. The normalized spacial score (nSPS) is 11.3. The summed E-state index contributed by atoms with van der Waals surface area (Å²) in [5, 5.41) is 8.47. The first-order valence-corrected chi connectivity index (χ1v) is 8.70. The number of fused-ring (bicyclic) bond motifs is 2. The second kappa shape index (κ2) is 6.25. The van der Waals surface area contributed by atoms with Crippen molar-refractivity contribution < 1.29 is 4.74 Å². The molecule has 0 atom stereocenters. The minimum Gasteiger partial charge on any atom is -0.496 e. The Labute approximate surface area is 156 Å². The van der Waals surface area contributed by atoms with Crippen LogP contribution in [-0.2, 0) is 6.67 Å². The zero-order valence-corrected chi connectivity index (χ0v) is 14.8. The highest BCUT2D eigenvalue weighted by Crippen LogP contribution is 2.33. The van der Waals surface area contributed by atoms with Crippen LogP contribution in [0.1, 0.15) is 0 Å². The Balaban J connectivity index is 1.52. The number of para-hydroxylation sites is 2. The topological polar surface area (TPSA) is 57.8 Å². The Bertz CT molecular complexity index is 1210. The van der Waals surface area contributed by atoms with Crippen LogP contribution in [0.15, 0.2) is 73.1 Å². The van der Waals surface area contributed by atoms with Crippen LogP contribution >= 0.6 is 0 Å². The van der Waals surface area contributed by atoms with Crippen LogP contribution in [-0.4, -0.2) is 31.7 Å². The number of methoxy groups -OCH3 is 1. The van der Waals surface area contributed by atoms with Gasteiger partial charge in [0.1, 0.15) is 17.9 Å². The summed E-state index contributed by atoms with van der Waals surface area (Å²) in [6, 6.07) is 20.0. The lowest BCUT2D eigenvalue weighted by atomic mass is 10.1. The van der Waals surface area contributed by atoms with Crippen molar-refractivity contribution in [2.75, 3.05) is 7.11 Å². The van der Waals surface area contributed by atoms with Gasteiger partial charge in [-0.15, -0.1) is 5.10 Å². The van der Waals surface area contributed by atoms with Gasteiger partial charge in [0.15, 0.2) is 0 Å². The SMILES string of the molecule is COc1ccccc1-c1cc2ccn(Cn3nnc4ccccc43)cc-2n1. The highest BCUT2D eigenvalue weighted by molar-refractivity contribution is 5.76. The van der Waals surface area contributed by atoms with Crippen molar-refractivity contribution in [2.24, 2.45) is 0 Å². The number of ether oxygens (including phenoxy) is 1. The number of benzene rings is 2. The van der Waals surface area contributed by atoms with E-state index in [-0.39, 0.29) is 0 Å². The molecule has 0 unspecified atom stereocenters. The Morgan fingerprint density at radius 1 is 0.963 bits per heavy atom. The first-order valence-electron chi connectivity index (χ1n) is 8.70. The highest BCUT2D eigenvalue weighted by Gasteiger charge is 2.14. The van der Waals surface area contributed by atoms with E-state index in [2.05, 4.69) is 27.0 Å². The predicted octanol–water partition coefficient (Wildman–Crippen LogP) is 3.91. The van der Waals surface area contributed by atoms with E-state index in [1.807, 2.05) is 65.6 Å². The largest absolute Gasteiger partial charge is 0.496 e. The fraction of sp³-hybridized carbons (Fsp3) is 0.0952. The molecule has 6 heteroatoms. The van der Waals surface area contributed by atoms with Gasteiger partial charge in [0, 0.05) is 23.5 Å². The van der Waals surface area contributed by atoms with E-state index in [9.17, 15) is 0 Å². The molecule has 0 spiro atoms. The molecule has 3 aromatic rings. The minimum atomic E-state index is 0.577. The summed E-state index contributed by atoms with van der Waals surface area (Å²) < 4.78 is 9.40. The van der Waals surface area contributed by atoms with Crippen molar-refractivity contribution in [3.05, 3.63) is 73.1 Å². The lowest BCUT2D eigenvalue weighted by molar-refractivity contribution is 0.416. The summed E-state index contributed by atoms with van der Waals surface area (Å²) in [7, 11) is 1.68. The zero-order valence-electron chi connectivity index (χ0n) is 14.8. The van der Waals surface area contributed by atoms with E-state index in [1.54, 1.807) is 7.11 Å². The second-order valence-electron chi connectivity index (χ2n) is 6.36. The average molecular weight is 355 g/mol. The number of nitrogens with zero attached hydrogens (tertiary/aromatic N) is 5. The lowest BCUT2D eigenvalue weighted by Gasteiger charge is -2.08. The van der Waals surface area contributed by atoms with E-state index in [4.69, 9.17) is 9.72 Å². The molecule has 0 saturated carbocycles. The quantitative estimate of drug-likeness (QED) is 0.490. The Morgan fingerprint density at radius 2 is 1.81 bits per heavy atom. The molecule has 0 aliphatic carbocycles. The maximum Gasteiger partial charge on any atom is 0.128 e. The van der Waals surface area contributed by atoms with Gasteiger partial charge in [0.2, 0.25) is 0 Å². The van der Waals surface area contributed by atoms with E-state index in [1.165, 1.54) is 0 Å². The molecule has 0 saturated heterocycles. The molecule has 5 rings (SSSR count). The van der Waals surface area contributed by atoms with Crippen molar-refractivity contribution in [1.82, 2.24) is 24.5 Å². The van der Waals surface area contributed by atoms with Crippen LogP contribution in [0.25, 0.3) is 33.5 Å². The summed E-state index contributed by atoms with van der Waals surface area (Å²) >= 11 is 0. The smallest absolute Gasteiger partial charge is 0.128 e. The van der Waals surface area contributed by atoms with Crippen molar-refractivity contribution in [3.8, 4) is 28.3 Å². The van der Waals surface area contributed by atoms with Crippen LogP contribution < -0.4 is 4.74 Å². The Morgan fingerprint density at radius 3 is 2.74 bits per heavy atom. The predicted molar refractivity (Wildman–Crippen MR) is 104 cm³/mol. The van der Waals surface area contributed by atoms with Crippen LogP contribution in [0, 0.1) is 0 Å². The van der Waals surface area contributed by atoms with Crippen LogP contribution in [0.2, 0.25) is 0 Å². The number of rotatable bonds is 4. The summed E-state index contributed by atoms with van der Waals surface area (Å²) in [5.41, 5.74) is 5.83. The van der Waals surface area contributed by atoms with E-state index in [0.717, 1.165) is 39.3 Å². The van der Waals surface area contributed by atoms with Gasteiger partial charge in [-0.05, 0) is 36.4 Å².